The second kappa shape index (κ2) is 9.72. The van der Waals surface area contributed by atoms with Crippen molar-refractivity contribution in [2.24, 2.45) is 10.7 Å². The molecule has 1 unspecified atom stereocenters. The molecular formula is C19H28N4O3. The third-order valence-corrected chi connectivity index (χ3v) is 3.75. The van der Waals surface area contributed by atoms with Crippen LogP contribution in [-0.2, 0) is 0 Å². The molecule has 142 valence electrons. The molecule has 0 fully saturated rings. The van der Waals surface area contributed by atoms with Gasteiger partial charge < -0.3 is 24.9 Å². The first-order valence-corrected chi connectivity index (χ1v) is 8.71. The molecule has 0 aliphatic carbocycles. The quantitative estimate of drug-likeness (QED) is 0.528. The summed E-state index contributed by atoms with van der Waals surface area (Å²) < 4.78 is 16.7. The number of likely N-dealkylation sites (N-methyl/N-ethyl adjacent to an activating group) is 1. The van der Waals surface area contributed by atoms with Gasteiger partial charge in [-0.25, -0.2) is 0 Å². The molecule has 1 aromatic carbocycles. The Hall–Kier alpha value is -2.67. The van der Waals surface area contributed by atoms with Crippen LogP contribution in [-0.4, -0.2) is 44.7 Å². The largest absolute Gasteiger partial charge is 0.494 e. The van der Waals surface area contributed by atoms with Gasteiger partial charge in [-0.1, -0.05) is 0 Å². The van der Waals surface area contributed by atoms with Gasteiger partial charge in [-0.2, -0.15) is 0 Å². The molecule has 3 N–H and O–H groups in total. The fraction of sp³-hybridized carbons (Fsp3) is 0.421. The number of guanidine groups is 1. The Kier molecular flexibility index (Phi) is 7.35. The lowest BCUT2D eigenvalue weighted by Crippen LogP contribution is -2.27. The molecule has 1 aromatic heterocycles. The van der Waals surface area contributed by atoms with Gasteiger partial charge in [0.05, 0.1) is 37.8 Å². The van der Waals surface area contributed by atoms with Crippen molar-refractivity contribution >= 4 is 11.6 Å². The van der Waals surface area contributed by atoms with Crippen LogP contribution in [0.1, 0.15) is 25.6 Å². The van der Waals surface area contributed by atoms with Crippen LogP contribution in [0.2, 0.25) is 0 Å². The molecule has 1 atom stereocenters. The number of benzene rings is 1. The fourth-order valence-corrected chi connectivity index (χ4v) is 2.50. The van der Waals surface area contributed by atoms with Crippen molar-refractivity contribution in [3.8, 4) is 11.5 Å². The molecule has 1 heterocycles. The standard InChI is InChI=1S/C19H28N4O3/c1-5-24-14-9-10-17(25-6-2)15(12-14)22-19(20)21-13-16(23(3)4)18-8-7-11-26-18/h7-12,16H,5-6,13H2,1-4H3,(H3,20,21,22). The van der Waals surface area contributed by atoms with E-state index in [1.54, 1.807) is 6.26 Å². The summed E-state index contributed by atoms with van der Waals surface area (Å²) in [4.78, 5) is 6.50. The summed E-state index contributed by atoms with van der Waals surface area (Å²) in [6, 6.07) is 9.38. The number of ether oxygens (including phenoxy) is 2. The van der Waals surface area contributed by atoms with E-state index in [9.17, 15) is 0 Å². The number of aliphatic imine (C=N–C) groups is 1. The molecule has 2 rings (SSSR count). The topological polar surface area (TPSA) is 85.2 Å². The minimum absolute atomic E-state index is 0.00599. The maximum Gasteiger partial charge on any atom is 0.193 e. The number of anilines is 1. The van der Waals surface area contributed by atoms with Gasteiger partial charge >= 0.3 is 0 Å². The Labute approximate surface area is 154 Å². The Morgan fingerprint density at radius 3 is 2.62 bits per heavy atom. The average molecular weight is 360 g/mol. The fourth-order valence-electron chi connectivity index (χ4n) is 2.50. The number of nitrogens with two attached hydrogens (primary N) is 1. The molecule has 7 nitrogen and oxygen atoms in total. The van der Waals surface area contributed by atoms with Gasteiger partial charge in [0, 0.05) is 6.07 Å². The van der Waals surface area contributed by atoms with Crippen molar-refractivity contribution in [3.05, 3.63) is 42.4 Å². The van der Waals surface area contributed by atoms with Crippen molar-refractivity contribution in [1.29, 1.82) is 0 Å². The Morgan fingerprint density at radius 2 is 2.00 bits per heavy atom. The Bertz CT molecular complexity index is 699. The van der Waals surface area contributed by atoms with Crippen LogP contribution in [0.5, 0.6) is 11.5 Å². The highest BCUT2D eigenvalue weighted by atomic mass is 16.5. The molecule has 0 bridgehead atoms. The lowest BCUT2D eigenvalue weighted by atomic mass is 10.2. The van der Waals surface area contributed by atoms with Gasteiger partial charge in [-0.05, 0) is 52.2 Å². The summed E-state index contributed by atoms with van der Waals surface area (Å²) in [5.74, 6) is 2.59. The lowest BCUT2D eigenvalue weighted by molar-refractivity contribution is 0.265. The maximum absolute atomic E-state index is 6.09. The van der Waals surface area contributed by atoms with Crippen LogP contribution >= 0.6 is 0 Å². The summed E-state index contributed by atoms with van der Waals surface area (Å²) in [5.41, 5.74) is 6.81. The third-order valence-electron chi connectivity index (χ3n) is 3.75. The van der Waals surface area contributed by atoms with Crippen molar-refractivity contribution in [2.45, 2.75) is 19.9 Å². The predicted molar refractivity (Wildman–Crippen MR) is 104 cm³/mol. The molecular weight excluding hydrogens is 332 g/mol. The van der Waals surface area contributed by atoms with Gasteiger partial charge in [0.15, 0.2) is 5.96 Å². The third kappa shape index (κ3) is 5.42. The number of nitrogens with one attached hydrogen (secondary N) is 1. The number of furan rings is 1. The van der Waals surface area contributed by atoms with E-state index in [1.807, 2.05) is 63.2 Å². The molecule has 0 amide bonds. The minimum atomic E-state index is 0.00599. The number of rotatable bonds is 9. The lowest BCUT2D eigenvalue weighted by Gasteiger charge is -2.20. The summed E-state index contributed by atoms with van der Waals surface area (Å²) in [7, 11) is 3.95. The van der Waals surface area contributed by atoms with Crippen LogP contribution in [0.3, 0.4) is 0 Å². The van der Waals surface area contributed by atoms with Gasteiger partial charge in [-0.3, -0.25) is 9.89 Å². The van der Waals surface area contributed by atoms with Crippen molar-refractivity contribution in [3.63, 3.8) is 0 Å². The van der Waals surface area contributed by atoms with Crippen LogP contribution < -0.4 is 20.5 Å². The van der Waals surface area contributed by atoms with E-state index in [1.165, 1.54) is 0 Å². The van der Waals surface area contributed by atoms with Crippen molar-refractivity contribution in [2.75, 3.05) is 39.2 Å². The van der Waals surface area contributed by atoms with Gasteiger partial charge in [0.25, 0.3) is 0 Å². The van der Waals surface area contributed by atoms with E-state index >= 15 is 0 Å². The van der Waals surface area contributed by atoms with E-state index in [4.69, 9.17) is 19.6 Å². The smallest absolute Gasteiger partial charge is 0.193 e. The highest BCUT2D eigenvalue weighted by molar-refractivity contribution is 5.94. The molecule has 0 aliphatic rings. The molecule has 0 saturated heterocycles. The van der Waals surface area contributed by atoms with E-state index in [-0.39, 0.29) is 6.04 Å². The predicted octanol–water partition coefficient (Wildman–Crippen LogP) is 3.11. The summed E-state index contributed by atoms with van der Waals surface area (Å²) >= 11 is 0. The van der Waals surface area contributed by atoms with E-state index in [0.29, 0.717) is 31.5 Å². The second-order valence-corrected chi connectivity index (χ2v) is 5.87. The zero-order valence-electron chi connectivity index (χ0n) is 15.9. The maximum atomic E-state index is 6.09. The zero-order chi connectivity index (χ0) is 18.9. The molecule has 0 radical (unpaired) electrons. The van der Waals surface area contributed by atoms with Crippen LogP contribution in [0.25, 0.3) is 0 Å². The number of nitrogens with zero attached hydrogens (tertiary/aromatic N) is 2. The van der Waals surface area contributed by atoms with Gasteiger partial charge in [0.2, 0.25) is 0 Å². The summed E-state index contributed by atoms with van der Waals surface area (Å²) in [6.45, 7) is 5.48. The SMILES string of the molecule is CCOc1ccc(OCC)c(NC(N)=NCC(c2ccco2)N(C)C)c1. The van der Waals surface area contributed by atoms with Crippen molar-refractivity contribution < 1.29 is 13.9 Å². The second-order valence-electron chi connectivity index (χ2n) is 5.87. The van der Waals surface area contributed by atoms with E-state index < -0.39 is 0 Å². The first-order chi connectivity index (χ1) is 12.5. The number of hydrogen-bond acceptors (Lipinski definition) is 5. The van der Waals surface area contributed by atoms with Crippen molar-refractivity contribution in [1.82, 2.24) is 4.90 Å². The molecule has 7 heteroatoms. The van der Waals surface area contributed by atoms with Gasteiger partial charge in [0.1, 0.15) is 17.3 Å². The molecule has 2 aromatic rings. The molecule has 26 heavy (non-hydrogen) atoms. The molecule has 0 spiro atoms. The van der Waals surface area contributed by atoms with Crippen LogP contribution in [0.4, 0.5) is 5.69 Å². The molecule has 0 saturated carbocycles. The van der Waals surface area contributed by atoms with Crippen LogP contribution in [0.15, 0.2) is 46.0 Å². The first kappa shape index (κ1) is 19.7. The highest BCUT2D eigenvalue weighted by Gasteiger charge is 2.16. The van der Waals surface area contributed by atoms with Gasteiger partial charge in [-0.15, -0.1) is 0 Å². The Morgan fingerprint density at radius 1 is 1.23 bits per heavy atom. The van der Waals surface area contributed by atoms with E-state index in [2.05, 4.69) is 10.3 Å². The number of hydrogen-bond donors (Lipinski definition) is 2. The normalized spacial score (nSPS) is 12.9. The van der Waals surface area contributed by atoms with Crippen LogP contribution in [0, 0.1) is 0 Å². The monoisotopic (exact) mass is 360 g/mol. The average Bonchev–Trinajstić information content (AvgIpc) is 3.12. The summed E-state index contributed by atoms with van der Waals surface area (Å²) in [6.07, 6.45) is 1.66. The molecule has 0 aliphatic heterocycles. The first-order valence-electron chi connectivity index (χ1n) is 8.71. The Balaban J connectivity index is 2.13. The summed E-state index contributed by atoms with van der Waals surface area (Å²) in [5, 5.41) is 3.11. The minimum Gasteiger partial charge on any atom is -0.494 e. The highest BCUT2D eigenvalue weighted by Crippen LogP contribution is 2.29. The van der Waals surface area contributed by atoms with E-state index in [0.717, 1.165) is 17.2 Å². The zero-order valence-corrected chi connectivity index (χ0v) is 15.9.